The Labute approximate surface area is 97.6 Å². The van der Waals surface area contributed by atoms with Crippen LogP contribution in [0.1, 0.15) is 27.2 Å². The summed E-state index contributed by atoms with van der Waals surface area (Å²) in [6.07, 6.45) is 0.996. The number of hydrogen-bond donors (Lipinski definition) is 2. The highest BCUT2D eigenvalue weighted by molar-refractivity contribution is 5.85. The van der Waals surface area contributed by atoms with Gasteiger partial charge < -0.3 is 15.5 Å². The average Bonchev–Trinajstić information content (AvgIpc) is 2.26. The van der Waals surface area contributed by atoms with Crippen LogP contribution in [-0.4, -0.2) is 49.4 Å². The molecule has 0 aliphatic carbocycles. The van der Waals surface area contributed by atoms with Gasteiger partial charge in [0.1, 0.15) is 0 Å². The first-order valence-corrected chi connectivity index (χ1v) is 5.90. The molecule has 0 heterocycles. The smallest absolute Gasteiger partial charge is 0.239 e. The van der Waals surface area contributed by atoms with E-state index in [1.807, 2.05) is 20.8 Å². The summed E-state index contributed by atoms with van der Waals surface area (Å²) in [5, 5.41) is 5.71. The lowest BCUT2D eigenvalue weighted by Gasteiger charge is -2.20. The molecule has 0 fully saturated rings. The molecule has 0 atom stereocenters. The lowest BCUT2D eigenvalue weighted by Crippen LogP contribution is -2.44. The maximum absolute atomic E-state index is 11.7. The Morgan fingerprint density at radius 1 is 1.19 bits per heavy atom. The van der Waals surface area contributed by atoms with Crippen molar-refractivity contribution >= 4 is 11.8 Å². The Morgan fingerprint density at radius 3 is 2.38 bits per heavy atom. The molecule has 0 bridgehead atoms. The third-order valence-electron chi connectivity index (χ3n) is 2.15. The van der Waals surface area contributed by atoms with Crippen LogP contribution in [0.4, 0.5) is 0 Å². The van der Waals surface area contributed by atoms with E-state index < -0.39 is 0 Å². The first kappa shape index (κ1) is 14.9. The van der Waals surface area contributed by atoms with Gasteiger partial charge in [-0.1, -0.05) is 6.92 Å². The van der Waals surface area contributed by atoms with Crippen molar-refractivity contribution in [1.82, 2.24) is 15.5 Å². The lowest BCUT2D eigenvalue weighted by atomic mass is 10.4. The summed E-state index contributed by atoms with van der Waals surface area (Å²) in [4.78, 5) is 24.5. The molecule has 2 amide bonds. The molecule has 16 heavy (non-hydrogen) atoms. The van der Waals surface area contributed by atoms with Crippen molar-refractivity contribution in [2.45, 2.75) is 27.2 Å². The zero-order valence-corrected chi connectivity index (χ0v) is 10.5. The van der Waals surface area contributed by atoms with Crippen molar-refractivity contribution in [3.8, 4) is 0 Å². The van der Waals surface area contributed by atoms with E-state index in [2.05, 4.69) is 10.6 Å². The molecule has 94 valence electrons. The van der Waals surface area contributed by atoms with Crippen LogP contribution in [0, 0.1) is 0 Å². The maximum Gasteiger partial charge on any atom is 0.239 e. The van der Waals surface area contributed by atoms with E-state index in [1.54, 1.807) is 4.90 Å². The van der Waals surface area contributed by atoms with Gasteiger partial charge in [-0.25, -0.2) is 0 Å². The van der Waals surface area contributed by atoms with Crippen molar-refractivity contribution in [2.75, 3.05) is 32.7 Å². The SMILES string of the molecule is CCCNCC(=O)N(CC)CC(=O)NCC. The summed E-state index contributed by atoms with van der Waals surface area (Å²) < 4.78 is 0. The fraction of sp³-hybridized carbons (Fsp3) is 0.818. The van der Waals surface area contributed by atoms with E-state index >= 15 is 0 Å². The van der Waals surface area contributed by atoms with E-state index in [-0.39, 0.29) is 18.4 Å². The van der Waals surface area contributed by atoms with Gasteiger partial charge in [-0.05, 0) is 26.8 Å². The van der Waals surface area contributed by atoms with Gasteiger partial charge >= 0.3 is 0 Å². The predicted molar refractivity (Wildman–Crippen MR) is 64.1 cm³/mol. The number of hydrogen-bond acceptors (Lipinski definition) is 3. The Morgan fingerprint density at radius 2 is 1.88 bits per heavy atom. The molecule has 0 aromatic carbocycles. The van der Waals surface area contributed by atoms with Gasteiger partial charge in [-0.2, -0.15) is 0 Å². The molecule has 0 rings (SSSR count). The third-order valence-corrected chi connectivity index (χ3v) is 2.15. The predicted octanol–water partition coefficient (Wildman–Crippen LogP) is -0.0294. The standard InChI is InChI=1S/C11H23N3O2/c1-4-7-12-8-11(16)14(6-3)9-10(15)13-5-2/h12H,4-9H2,1-3H3,(H,13,15). The zero-order valence-electron chi connectivity index (χ0n) is 10.5. The summed E-state index contributed by atoms with van der Waals surface area (Å²) >= 11 is 0. The monoisotopic (exact) mass is 229 g/mol. The Balaban J connectivity index is 3.96. The van der Waals surface area contributed by atoms with Gasteiger partial charge in [0.05, 0.1) is 13.1 Å². The maximum atomic E-state index is 11.7. The van der Waals surface area contributed by atoms with Crippen LogP contribution in [0.25, 0.3) is 0 Å². The van der Waals surface area contributed by atoms with E-state index in [1.165, 1.54) is 0 Å². The average molecular weight is 229 g/mol. The summed E-state index contributed by atoms with van der Waals surface area (Å²) in [5.41, 5.74) is 0. The normalized spacial score (nSPS) is 9.94. The molecule has 5 nitrogen and oxygen atoms in total. The topological polar surface area (TPSA) is 61.4 Å². The molecule has 0 unspecified atom stereocenters. The second kappa shape index (κ2) is 9.15. The minimum Gasteiger partial charge on any atom is -0.355 e. The van der Waals surface area contributed by atoms with Crippen LogP contribution in [0.2, 0.25) is 0 Å². The summed E-state index contributed by atoms with van der Waals surface area (Å²) in [6.45, 7) is 8.21. The van der Waals surface area contributed by atoms with Crippen LogP contribution in [0.15, 0.2) is 0 Å². The van der Waals surface area contributed by atoms with Gasteiger partial charge in [-0.3, -0.25) is 9.59 Å². The number of nitrogens with zero attached hydrogens (tertiary/aromatic N) is 1. The van der Waals surface area contributed by atoms with Crippen molar-refractivity contribution < 1.29 is 9.59 Å². The molecule has 0 aliphatic heterocycles. The Kier molecular flexibility index (Phi) is 8.52. The molecular weight excluding hydrogens is 206 g/mol. The first-order valence-electron chi connectivity index (χ1n) is 5.90. The number of carbonyl (C=O) groups excluding carboxylic acids is 2. The summed E-state index contributed by atoms with van der Waals surface area (Å²) in [6, 6.07) is 0. The van der Waals surface area contributed by atoms with E-state index in [0.29, 0.717) is 19.6 Å². The molecule has 0 aromatic rings. The molecule has 0 saturated heterocycles. The van der Waals surface area contributed by atoms with Crippen molar-refractivity contribution in [3.63, 3.8) is 0 Å². The second-order valence-electron chi connectivity index (χ2n) is 3.54. The largest absolute Gasteiger partial charge is 0.355 e. The molecule has 0 spiro atoms. The highest BCUT2D eigenvalue weighted by Crippen LogP contribution is 1.89. The Bertz CT molecular complexity index is 219. The molecule has 0 aromatic heterocycles. The molecule has 5 heteroatoms. The number of amides is 2. The van der Waals surface area contributed by atoms with E-state index in [9.17, 15) is 9.59 Å². The minimum atomic E-state index is -0.104. The highest BCUT2D eigenvalue weighted by atomic mass is 16.2. The van der Waals surface area contributed by atoms with Crippen LogP contribution in [0.3, 0.4) is 0 Å². The third kappa shape index (κ3) is 6.40. The van der Waals surface area contributed by atoms with Gasteiger partial charge in [0.2, 0.25) is 11.8 Å². The highest BCUT2D eigenvalue weighted by Gasteiger charge is 2.13. The van der Waals surface area contributed by atoms with Gasteiger partial charge in [-0.15, -0.1) is 0 Å². The molecule has 2 N–H and O–H groups in total. The zero-order chi connectivity index (χ0) is 12.4. The molecule has 0 aliphatic rings. The summed E-state index contributed by atoms with van der Waals surface area (Å²) in [5.74, 6) is -0.129. The fourth-order valence-corrected chi connectivity index (χ4v) is 1.29. The fourth-order valence-electron chi connectivity index (χ4n) is 1.29. The second-order valence-corrected chi connectivity index (χ2v) is 3.54. The van der Waals surface area contributed by atoms with Crippen LogP contribution in [0.5, 0.6) is 0 Å². The van der Waals surface area contributed by atoms with Gasteiger partial charge in [0.25, 0.3) is 0 Å². The van der Waals surface area contributed by atoms with Crippen molar-refractivity contribution in [1.29, 1.82) is 0 Å². The minimum absolute atomic E-state index is 0.0257. The van der Waals surface area contributed by atoms with Crippen LogP contribution >= 0.6 is 0 Å². The van der Waals surface area contributed by atoms with Gasteiger partial charge in [0, 0.05) is 13.1 Å². The molecule has 0 radical (unpaired) electrons. The lowest BCUT2D eigenvalue weighted by molar-refractivity contribution is -0.135. The first-order chi connectivity index (χ1) is 7.65. The summed E-state index contributed by atoms with van der Waals surface area (Å²) in [7, 11) is 0. The van der Waals surface area contributed by atoms with E-state index in [4.69, 9.17) is 0 Å². The number of nitrogens with one attached hydrogen (secondary N) is 2. The number of carbonyl (C=O) groups is 2. The van der Waals surface area contributed by atoms with E-state index in [0.717, 1.165) is 13.0 Å². The quantitative estimate of drug-likeness (QED) is 0.575. The van der Waals surface area contributed by atoms with Crippen LogP contribution in [-0.2, 0) is 9.59 Å². The van der Waals surface area contributed by atoms with Crippen molar-refractivity contribution in [3.05, 3.63) is 0 Å². The Hall–Kier alpha value is -1.10. The van der Waals surface area contributed by atoms with Gasteiger partial charge in [0.15, 0.2) is 0 Å². The molecule has 0 saturated carbocycles. The van der Waals surface area contributed by atoms with Crippen LogP contribution < -0.4 is 10.6 Å². The number of rotatable bonds is 8. The molecular formula is C11H23N3O2. The number of likely N-dealkylation sites (N-methyl/N-ethyl adjacent to an activating group) is 2. The van der Waals surface area contributed by atoms with Crippen molar-refractivity contribution in [2.24, 2.45) is 0 Å².